The first-order valence-corrected chi connectivity index (χ1v) is 7.83. The van der Waals surface area contributed by atoms with E-state index < -0.39 is 0 Å². The molecule has 2 N–H and O–H groups in total. The summed E-state index contributed by atoms with van der Waals surface area (Å²) in [5, 5.41) is 6.80. The molecule has 4 nitrogen and oxygen atoms in total. The molecule has 2 fully saturated rings. The second kappa shape index (κ2) is 5.18. The Morgan fingerprint density at radius 3 is 2.43 bits per heavy atom. The normalized spacial score (nSPS) is 32.3. The average Bonchev–Trinajstić information content (AvgIpc) is 2.81. The third-order valence-corrected chi connectivity index (χ3v) is 5.45. The summed E-state index contributed by atoms with van der Waals surface area (Å²) in [5.74, 6) is 0. The van der Waals surface area contributed by atoms with Crippen LogP contribution < -0.4 is 10.6 Å². The van der Waals surface area contributed by atoms with E-state index in [9.17, 15) is 4.79 Å². The number of amides is 2. The van der Waals surface area contributed by atoms with Crippen molar-refractivity contribution < 1.29 is 4.79 Å². The Morgan fingerprint density at radius 2 is 1.90 bits per heavy atom. The van der Waals surface area contributed by atoms with Crippen LogP contribution in [0.15, 0.2) is 24.3 Å². The van der Waals surface area contributed by atoms with Gasteiger partial charge in [0, 0.05) is 17.1 Å². The van der Waals surface area contributed by atoms with Gasteiger partial charge in [0.05, 0.1) is 5.54 Å². The number of nitrogens with zero attached hydrogens (tertiary/aromatic N) is 1. The number of carbonyl (C=O) groups excluding carboxylic acids is 1. The van der Waals surface area contributed by atoms with Crippen molar-refractivity contribution in [3.05, 3.63) is 34.9 Å². The zero-order chi connectivity index (χ0) is 15.1. The molecule has 2 amide bonds. The van der Waals surface area contributed by atoms with Gasteiger partial charge in [-0.25, -0.2) is 4.79 Å². The van der Waals surface area contributed by atoms with Crippen molar-refractivity contribution in [1.29, 1.82) is 0 Å². The van der Waals surface area contributed by atoms with Gasteiger partial charge in [-0.1, -0.05) is 23.7 Å². The lowest BCUT2D eigenvalue weighted by atomic mass is 9.69. The third kappa shape index (κ3) is 2.51. The maximum Gasteiger partial charge on any atom is 0.315 e. The molecule has 5 heteroatoms. The maximum absolute atomic E-state index is 11.5. The summed E-state index contributed by atoms with van der Waals surface area (Å²) in [4.78, 5) is 13.8. The molecular weight excluding hydrogens is 286 g/mol. The fourth-order valence-electron chi connectivity index (χ4n) is 3.79. The standard InChI is InChI=1S/C16H22ClN3O/c1-20(2)16(12-4-3-5-13(17)10-12)8-6-15(7-9-16)11-18-14(21)19-15/h3-5,10H,6-9,11H2,1-2H3,(H2,18,19,21)/t15-,16+. The first kappa shape index (κ1) is 14.7. The molecule has 1 aliphatic heterocycles. The molecule has 1 aliphatic carbocycles. The predicted molar refractivity (Wildman–Crippen MR) is 84.6 cm³/mol. The van der Waals surface area contributed by atoms with Gasteiger partial charge in [-0.2, -0.15) is 0 Å². The first-order chi connectivity index (χ1) is 9.96. The molecule has 0 unspecified atom stereocenters. The quantitative estimate of drug-likeness (QED) is 0.882. The number of nitrogens with one attached hydrogen (secondary N) is 2. The number of benzene rings is 1. The molecule has 0 bridgehead atoms. The highest BCUT2D eigenvalue weighted by Crippen LogP contribution is 2.45. The molecule has 0 aromatic heterocycles. The fourth-order valence-corrected chi connectivity index (χ4v) is 3.98. The molecule has 0 atom stereocenters. The van der Waals surface area contributed by atoms with Crippen LogP contribution in [0.25, 0.3) is 0 Å². The molecule has 1 spiro atoms. The van der Waals surface area contributed by atoms with Crippen molar-refractivity contribution in [2.45, 2.75) is 36.8 Å². The third-order valence-electron chi connectivity index (χ3n) is 5.22. The average molecular weight is 308 g/mol. The smallest absolute Gasteiger partial charge is 0.315 e. The minimum atomic E-state index is -0.0603. The van der Waals surface area contributed by atoms with Crippen molar-refractivity contribution in [3.8, 4) is 0 Å². The molecule has 1 aromatic rings. The molecule has 1 saturated carbocycles. The lowest BCUT2D eigenvalue weighted by Crippen LogP contribution is -2.53. The van der Waals surface area contributed by atoms with Crippen LogP contribution >= 0.6 is 11.6 Å². The first-order valence-electron chi connectivity index (χ1n) is 7.45. The molecule has 0 radical (unpaired) electrons. The van der Waals surface area contributed by atoms with Crippen molar-refractivity contribution in [1.82, 2.24) is 15.5 Å². The number of urea groups is 1. The molecule has 21 heavy (non-hydrogen) atoms. The van der Waals surface area contributed by atoms with Crippen LogP contribution in [-0.2, 0) is 5.54 Å². The van der Waals surface area contributed by atoms with Gasteiger partial charge in [0.1, 0.15) is 0 Å². The van der Waals surface area contributed by atoms with E-state index in [1.165, 1.54) is 5.56 Å². The summed E-state index contributed by atoms with van der Waals surface area (Å²) < 4.78 is 0. The van der Waals surface area contributed by atoms with Gasteiger partial charge in [0.25, 0.3) is 0 Å². The van der Waals surface area contributed by atoms with Crippen molar-refractivity contribution in [2.75, 3.05) is 20.6 Å². The lowest BCUT2D eigenvalue weighted by molar-refractivity contribution is 0.0653. The van der Waals surface area contributed by atoms with E-state index in [0.717, 1.165) is 37.3 Å². The summed E-state index contributed by atoms with van der Waals surface area (Å²) in [6, 6.07) is 8.14. The Bertz CT molecular complexity index is 550. The second-order valence-electron chi connectivity index (χ2n) is 6.52. The highest BCUT2D eigenvalue weighted by atomic mass is 35.5. The Balaban J connectivity index is 1.86. The molecule has 114 valence electrons. The van der Waals surface area contributed by atoms with Crippen LogP contribution in [0.4, 0.5) is 4.79 Å². The Kier molecular flexibility index (Phi) is 3.62. The lowest BCUT2D eigenvalue weighted by Gasteiger charge is -2.48. The van der Waals surface area contributed by atoms with Gasteiger partial charge in [0.15, 0.2) is 0 Å². The van der Waals surface area contributed by atoms with Gasteiger partial charge in [0.2, 0.25) is 0 Å². The van der Waals surface area contributed by atoms with Crippen LogP contribution in [0.2, 0.25) is 5.02 Å². The number of rotatable bonds is 2. The molecule has 2 aliphatic rings. The molecular formula is C16H22ClN3O. The van der Waals surface area contributed by atoms with Gasteiger partial charge in [-0.3, -0.25) is 4.90 Å². The number of carbonyl (C=O) groups is 1. The Labute approximate surface area is 130 Å². The van der Waals surface area contributed by atoms with Crippen LogP contribution in [-0.4, -0.2) is 37.1 Å². The summed E-state index contributed by atoms with van der Waals surface area (Å²) in [5.41, 5.74) is 1.21. The van der Waals surface area contributed by atoms with Crippen LogP contribution in [0.1, 0.15) is 31.2 Å². The SMILES string of the molecule is CN(C)[C@]1(c2cccc(Cl)c2)CC[C@]2(CC1)CNC(=O)N2. The van der Waals surface area contributed by atoms with E-state index >= 15 is 0 Å². The number of hydrogen-bond acceptors (Lipinski definition) is 2. The van der Waals surface area contributed by atoms with Crippen molar-refractivity contribution in [3.63, 3.8) is 0 Å². The van der Waals surface area contributed by atoms with Crippen molar-refractivity contribution >= 4 is 17.6 Å². The van der Waals surface area contributed by atoms with E-state index in [0.29, 0.717) is 0 Å². The van der Waals surface area contributed by atoms with Crippen LogP contribution in [0, 0.1) is 0 Å². The summed E-state index contributed by atoms with van der Waals surface area (Å²) in [6.07, 6.45) is 4.00. The van der Waals surface area contributed by atoms with Gasteiger partial charge >= 0.3 is 6.03 Å². The second-order valence-corrected chi connectivity index (χ2v) is 6.96. The zero-order valence-electron chi connectivity index (χ0n) is 12.6. The van der Waals surface area contributed by atoms with Crippen molar-refractivity contribution in [2.24, 2.45) is 0 Å². The topological polar surface area (TPSA) is 44.4 Å². The highest BCUT2D eigenvalue weighted by molar-refractivity contribution is 6.30. The molecule has 1 aromatic carbocycles. The fraction of sp³-hybridized carbons (Fsp3) is 0.562. The largest absolute Gasteiger partial charge is 0.336 e. The molecule has 1 saturated heterocycles. The maximum atomic E-state index is 11.5. The Morgan fingerprint density at radius 1 is 1.19 bits per heavy atom. The summed E-state index contributed by atoms with van der Waals surface area (Å²) >= 11 is 6.18. The van der Waals surface area contributed by atoms with E-state index in [-0.39, 0.29) is 17.1 Å². The van der Waals surface area contributed by atoms with E-state index in [4.69, 9.17) is 11.6 Å². The van der Waals surface area contributed by atoms with Gasteiger partial charge in [-0.05, 0) is 57.5 Å². The minimum Gasteiger partial charge on any atom is -0.336 e. The van der Waals surface area contributed by atoms with Crippen LogP contribution in [0.5, 0.6) is 0 Å². The Hall–Kier alpha value is -1.26. The summed E-state index contributed by atoms with van der Waals surface area (Å²) in [6.45, 7) is 0.741. The highest BCUT2D eigenvalue weighted by Gasteiger charge is 2.47. The van der Waals surface area contributed by atoms with E-state index in [1.807, 2.05) is 12.1 Å². The van der Waals surface area contributed by atoms with E-state index in [2.05, 4.69) is 41.8 Å². The van der Waals surface area contributed by atoms with Crippen LogP contribution in [0.3, 0.4) is 0 Å². The summed E-state index contributed by atoms with van der Waals surface area (Å²) in [7, 11) is 4.26. The zero-order valence-corrected chi connectivity index (χ0v) is 13.3. The monoisotopic (exact) mass is 307 g/mol. The number of hydrogen-bond donors (Lipinski definition) is 2. The van der Waals surface area contributed by atoms with Gasteiger partial charge in [-0.15, -0.1) is 0 Å². The van der Waals surface area contributed by atoms with Gasteiger partial charge < -0.3 is 10.6 Å². The predicted octanol–water partition coefficient (Wildman–Crippen LogP) is 2.72. The van der Waals surface area contributed by atoms with E-state index in [1.54, 1.807) is 0 Å². The number of halogens is 1. The minimum absolute atomic E-state index is 0.00344. The molecule has 1 heterocycles. The molecule has 3 rings (SSSR count).